The quantitative estimate of drug-likeness (QED) is 0.861. The molecule has 0 saturated carbocycles. The van der Waals surface area contributed by atoms with E-state index in [4.69, 9.17) is 4.74 Å². The zero-order chi connectivity index (χ0) is 14.8. The van der Waals surface area contributed by atoms with Crippen LogP contribution in [0.15, 0.2) is 24.3 Å². The summed E-state index contributed by atoms with van der Waals surface area (Å²) in [7, 11) is 2.07. The van der Waals surface area contributed by atoms with E-state index in [9.17, 15) is 0 Å². The highest BCUT2D eigenvalue weighted by molar-refractivity contribution is 5.64. The van der Waals surface area contributed by atoms with Crippen molar-refractivity contribution in [3.05, 3.63) is 41.3 Å². The van der Waals surface area contributed by atoms with E-state index in [2.05, 4.69) is 34.0 Å². The van der Waals surface area contributed by atoms with E-state index >= 15 is 0 Å². The largest absolute Gasteiger partial charge is 0.494 e. The lowest BCUT2D eigenvalue weighted by Crippen LogP contribution is -2.15. The van der Waals surface area contributed by atoms with Crippen LogP contribution in [0.4, 0.5) is 11.5 Å². The van der Waals surface area contributed by atoms with Crippen LogP contribution < -0.4 is 9.64 Å². The van der Waals surface area contributed by atoms with Crippen LogP contribution >= 0.6 is 0 Å². The third-order valence-corrected chi connectivity index (χ3v) is 3.88. The first-order valence-corrected chi connectivity index (χ1v) is 7.52. The monoisotopic (exact) mass is 283 g/mol. The molecular weight excluding hydrogens is 262 g/mol. The molecule has 0 spiro atoms. The van der Waals surface area contributed by atoms with Crippen molar-refractivity contribution < 1.29 is 4.74 Å². The molecule has 1 aromatic carbocycles. The first-order valence-electron chi connectivity index (χ1n) is 7.52. The van der Waals surface area contributed by atoms with E-state index in [1.54, 1.807) is 0 Å². The van der Waals surface area contributed by atoms with Gasteiger partial charge >= 0.3 is 0 Å². The number of fused-ring (bicyclic) bond motifs is 1. The van der Waals surface area contributed by atoms with Crippen molar-refractivity contribution in [1.82, 2.24) is 9.97 Å². The molecule has 0 bridgehead atoms. The Bertz CT molecular complexity index is 637. The van der Waals surface area contributed by atoms with Crippen LogP contribution in [-0.2, 0) is 12.8 Å². The molecule has 0 unspecified atom stereocenters. The van der Waals surface area contributed by atoms with Crippen molar-refractivity contribution in [3.8, 4) is 5.75 Å². The molecule has 0 atom stereocenters. The molecule has 0 aliphatic heterocycles. The maximum Gasteiger partial charge on any atom is 0.139 e. The van der Waals surface area contributed by atoms with Crippen LogP contribution in [0.3, 0.4) is 0 Å². The molecule has 1 aliphatic carbocycles. The molecule has 1 aromatic heterocycles. The summed E-state index contributed by atoms with van der Waals surface area (Å²) in [5.41, 5.74) is 3.64. The van der Waals surface area contributed by atoms with Crippen LogP contribution in [0.1, 0.15) is 30.4 Å². The van der Waals surface area contributed by atoms with Crippen molar-refractivity contribution >= 4 is 11.5 Å². The lowest BCUT2D eigenvalue weighted by Gasteiger charge is -2.21. The van der Waals surface area contributed by atoms with Gasteiger partial charge in [0.2, 0.25) is 0 Å². The summed E-state index contributed by atoms with van der Waals surface area (Å²) in [6.45, 7) is 4.65. The standard InChI is InChI=1S/C17H21N3O/c1-4-21-14-10-8-13(9-11-14)20(3)17-15-6-5-7-16(15)18-12(2)19-17/h8-11H,4-7H2,1-3H3. The highest BCUT2D eigenvalue weighted by Crippen LogP contribution is 2.32. The van der Waals surface area contributed by atoms with Crippen LogP contribution in [0.5, 0.6) is 5.75 Å². The predicted molar refractivity (Wildman–Crippen MR) is 84.5 cm³/mol. The molecule has 4 nitrogen and oxygen atoms in total. The number of anilines is 2. The minimum absolute atomic E-state index is 0.688. The average Bonchev–Trinajstić information content (AvgIpc) is 2.95. The number of aromatic nitrogens is 2. The summed E-state index contributed by atoms with van der Waals surface area (Å²) in [5.74, 6) is 2.79. The van der Waals surface area contributed by atoms with Gasteiger partial charge in [0.05, 0.1) is 6.61 Å². The van der Waals surface area contributed by atoms with Gasteiger partial charge in [-0.2, -0.15) is 0 Å². The van der Waals surface area contributed by atoms with E-state index in [0.29, 0.717) is 6.61 Å². The summed E-state index contributed by atoms with van der Waals surface area (Å²) in [6, 6.07) is 8.15. The second kappa shape index (κ2) is 5.72. The first-order chi connectivity index (χ1) is 10.2. The Hall–Kier alpha value is -2.10. The molecule has 0 amide bonds. The van der Waals surface area contributed by atoms with Gasteiger partial charge < -0.3 is 9.64 Å². The Balaban J connectivity index is 1.93. The summed E-state index contributed by atoms with van der Waals surface area (Å²) in [5, 5.41) is 0. The SMILES string of the molecule is CCOc1ccc(N(C)c2nc(C)nc3c2CCC3)cc1. The molecule has 0 radical (unpaired) electrons. The maximum absolute atomic E-state index is 5.50. The van der Waals surface area contributed by atoms with Gasteiger partial charge in [0.25, 0.3) is 0 Å². The van der Waals surface area contributed by atoms with E-state index < -0.39 is 0 Å². The van der Waals surface area contributed by atoms with Gasteiger partial charge in [-0.15, -0.1) is 0 Å². The van der Waals surface area contributed by atoms with Gasteiger partial charge in [-0.25, -0.2) is 9.97 Å². The van der Waals surface area contributed by atoms with Gasteiger partial charge in [-0.3, -0.25) is 0 Å². The Kier molecular flexibility index (Phi) is 3.78. The predicted octanol–water partition coefficient (Wildman–Crippen LogP) is 3.44. The van der Waals surface area contributed by atoms with E-state index in [1.807, 2.05) is 26.0 Å². The fraction of sp³-hybridized carbons (Fsp3) is 0.412. The van der Waals surface area contributed by atoms with Crippen molar-refractivity contribution in [2.45, 2.75) is 33.1 Å². The first kappa shape index (κ1) is 13.9. The lowest BCUT2D eigenvalue weighted by molar-refractivity contribution is 0.340. The summed E-state index contributed by atoms with van der Waals surface area (Å²) in [4.78, 5) is 11.4. The summed E-state index contributed by atoms with van der Waals surface area (Å²) >= 11 is 0. The maximum atomic E-state index is 5.50. The van der Waals surface area contributed by atoms with Crippen LogP contribution in [0, 0.1) is 6.92 Å². The summed E-state index contributed by atoms with van der Waals surface area (Å²) in [6.07, 6.45) is 3.33. The Morgan fingerprint density at radius 2 is 1.90 bits per heavy atom. The number of rotatable bonds is 4. The zero-order valence-electron chi connectivity index (χ0n) is 12.9. The number of aryl methyl sites for hydroxylation is 2. The topological polar surface area (TPSA) is 38.2 Å². The minimum Gasteiger partial charge on any atom is -0.494 e. The molecule has 2 aromatic rings. The fourth-order valence-corrected chi connectivity index (χ4v) is 2.87. The smallest absolute Gasteiger partial charge is 0.139 e. The summed E-state index contributed by atoms with van der Waals surface area (Å²) < 4.78 is 5.50. The highest BCUT2D eigenvalue weighted by atomic mass is 16.5. The Morgan fingerprint density at radius 3 is 2.62 bits per heavy atom. The Morgan fingerprint density at radius 1 is 1.14 bits per heavy atom. The van der Waals surface area contributed by atoms with Crippen molar-refractivity contribution in [1.29, 1.82) is 0 Å². The van der Waals surface area contributed by atoms with Gasteiger partial charge in [0.1, 0.15) is 17.4 Å². The van der Waals surface area contributed by atoms with E-state index in [0.717, 1.165) is 35.9 Å². The van der Waals surface area contributed by atoms with Gasteiger partial charge in [0.15, 0.2) is 0 Å². The number of hydrogen-bond donors (Lipinski definition) is 0. The number of ether oxygens (including phenoxy) is 1. The fourth-order valence-electron chi connectivity index (χ4n) is 2.87. The molecule has 0 saturated heterocycles. The van der Waals surface area contributed by atoms with Crippen LogP contribution in [0.25, 0.3) is 0 Å². The van der Waals surface area contributed by atoms with Gasteiger partial charge in [-0.1, -0.05) is 0 Å². The highest BCUT2D eigenvalue weighted by Gasteiger charge is 2.21. The zero-order valence-corrected chi connectivity index (χ0v) is 12.9. The third-order valence-electron chi connectivity index (χ3n) is 3.88. The molecule has 0 fully saturated rings. The molecule has 21 heavy (non-hydrogen) atoms. The second-order valence-corrected chi connectivity index (χ2v) is 5.36. The number of benzene rings is 1. The number of nitrogens with zero attached hydrogens (tertiary/aromatic N) is 3. The molecule has 0 N–H and O–H groups in total. The number of hydrogen-bond acceptors (Lipinski definition) is 4. The Labute approximate surface area is 125 Å². The normalized spacial score (nSPS) is 13.1. The van der Waals surface area contributed by atoms with E-state index in [-0.39, 0.29) is 0 Å². The van der Waals surface area contributed by atoms with Gasteiger partial charge in [-0.05, 0) is 57.4 Å². The minimum atomic E-state index is 0.688. The van der Waals surface area contributed by atoms with Crippen molar-refractivity contribution in [3.63, 3.8) is 0 Å². The average molecular weight is 283 g/mol. The van der Waals surface area contributed by atoms with Gasteiger partial charge in [0, 0.05) is 24.0 Å². The molecule has 110 valence electrons. The third kappa shape index (κ3) is 2.71. The van der Waals surface area contributed by atoms with E-state index in [1.165, 1.54) is 17.7 Å². The van der Waals surface area contributed by atoms with Crippen LogP contribution in [0.2, 0.25) is 0 Å². The lowest BCUT2D eigenvalue weighted by atomic mass is 10.2. The second-order valence-electron chi connectivity index (χ2n) is 5.36. The molecule has 1 heterocycles. The molecule has 4 heteroatoms. The van der Waals surface area contributed by atoms with Crippen molar-refractivity contribution in [2.24, 2.45) is 0 Å². The molecule has 3 rings (SSSR count). The van der Waals surface area contributed by atoms with Crippen molar-refractivity contribution in [2.75, 3.05) is 18.6 Å². The molecular formula is C17H21N3O. The molecule has 1 aliphatic rings. The van der Waals surface area contributed by atoms with Crippen LogP contribution in [-0.4, -0.2) is 23.6 Å².